The lowest BCUT2D eigenvalue weighted by Gasteiger charge is -2.39. The Morgan fingerprint density at radius 3 is 2.67 bits per heavy atom. The molecule has 0 radical (unpaired) electrons. The van der Waals surface area contributed by atoms with E-state index in [4.69, 9.17) is 10.5 Å². The molecule has 3 rings (SSSR count). The van der Waals surface area contributed by atoms with Crippen LogP contribution >= 0.6 is 0 Å². The highest BCUT2D eigenvalue weighted by molar-refractivity contribution is 5.39. The lowest BCUT2D eigenvalue weighted by Crippen LogP contribution is -2.42. The van der Waals surface area contributed by atoms with Gasteiger partial charge in [-0.2, -0.15) is 0 Å². The molecule has 2 saturated carbocycles. The number of ether oxygens (including phenoxy) is 1. The summed E-state index contributed by atoms with van der Waals surface area (Å²) in [5, 5.41) is 0. The van der Waals surface area contributed by atoms with Gasteiger partial charge in [0.25, 0.3) is 0 Å². The third-order valence-electron chi connectivity index (χ3n) is 4.76. The summed E-state index contributed by atoms with van der Waals surface area (Å²) in [6.45, 7) is 0. The van der Waals surface area contributed by atoms with E-state index in [-0.39, 0.29) is 5.54 Å². The number of benzene rings is 1. The van der Waals surface area contributed by atoms with Crippen LogP contribution in [0.15, 0.2) is 24.3 Å². The summed E-state index contributed by atoms with van der Waals surface area (Å²) in [4.78, 5) is 0. The van der Waals surface area contributed by atoms with Crippen LogP contribution in [0.25, 0.3) is 0 Å². The van der Waals surface area contributed by atoms with Gasteiger partial charge in [-0.15, -0.1) is 0 Å². The topological polar surface area (TPSA) is 35.2 Å². The van der Waals surface area contributed by atoms with Crippen LogP contribution in [0.5, 0.6) is 5.75 Å². The third-order valence-corrected chi connectivity index (χ3v) is 4.76. The molecule has 2 aliphatic rings. The number of hydrogen-bond acceptors (Lipinski definition) is 2. The van der Waals surface area contributed by atoms with Crippen molar-refractivity contribution in [3.63, 3.8) is 0 Å². The molecule has 2 unspecified atom stereocenters. The molecule has 0 saturated heterocycles. The molecule has 0 spiro atoms. The highest BCUT2D eigenvalue weighted by Gasteiger charge is 2.41. The molecule has 0 heterocycles. The normalized spacial score (nSPS) is 32.2. The fourth-order valence-electron chi connectivity index (χ4n) is 3.62. The standard InChI is InChI=1S/C16H23NO/c1-18-15-7-3-2-6-14(15)16(17)10-4-5-13(11-16)12-8-9-12/h2-3,6-7,12-13H,4-5,8-11,17H2,1H3. The van der Waals surface area contributed by atoms with Crippen LogP contribution in [0, 0.1) is 11.8 Å². The van der Waals surface area contributed by atoms with Gasteiger partial charge in [0.05, 0.1) is 7.11 Å². The Morgan fingerprint density at radius 2 is 1.94 bits per heavy atom. The summed E-state index contributed by atoms with van der Waals surface area (Å²) in [5.74, 6) is 2.76. The van der Waals surface area contributed by atoms with Crippen LogP contribution in [0.3, 0.4) is 0 Å². The first kappa shape index (κ1) is 12.0. The highest BCUT2D eigenvalue weighted by Crippen LogP contribution is 2.49. The maximum Gasteiger partial charge on any atom is 0.123 e. The molecule has 1 aromatic carbocycles. The van der Waals surface area contributed by atoms with Crippen molar-refractivity contribution in [1.29, 1.82) is 0 Å². The minimum Gasteiger partial charge on any atom is -0.496 e. The van der Waals surface area contributed by atoms with Gasteiger partial charge in [-0.3, -0.25) is 0 Å². The first-order valence-corrected chi connectivity index (χ1v) is 7.15. The van der Waals surface area contributed by atoms with E-state index in [9.17, 15) is 0 Å². The number of nitrogens with two attached hydrogens (primary N) is 1. The maximum atomic E-state index is 6.73. The van der Waals surface area contributed by atoms with E-state index in [1.165, 1.54) is 31.2 Å². The highest BCUT2D eigenvalue weighted by atomic mass is 16.5. The average molecular weight is 245 g/mol. The lowest BCUT2D eigenvalue weighted by molar-refractivity contribution is 0.202. The van der Waals surface area contributed by atoms with Crippen molar-refractivity contribution in [3.05, 3.63) is 29.8 Å². The zero-order valence-corrected chi connectivity index (χ0v) is 11.2. The van der Waals surface area contributed by atoms with E-state index in [0.717, 1.165) is 30.4 Å². The molecule has 0 bridgehead atoms. The van der Waals surface area contributed by atoms with Crippen molar-refractivity contribution in [2.24, 2.45) is 17.6 Å². The minimum atomic E-state index is -0.169. The molecule has 0 aromatic heterocycles. The predicted octanol–water partition coefficient (Wildman–Crippen LogP) is 3.45. The van der Waals surface area contributed by atoms with E-state index < -0.39 is 0 Å². The molecule has 1 aromatic rings. The van der Waals surface area contributed by atoms with Gasteiger partial charge in [-0.25, -0.2) is 0 Å². The lowest BCUT2D eigenvalue weighted by atomic mass is 9.71. The summed E-state index contributed by atoms with van der Waals surface area (Å²) in [6, 6.07) is 8.28. The predicted molar refractivity (Wildman–Crippen MR) is 73.5 cm³/mol. The summed E-state index contributed by atoms with van der Waals surface area (Å²) < 4.78 is 5.50. The van der Waals surface area contributed by atoms with Crippen LogP contribution in [0.1, 0.15) is 44.1 Å². The van der Waals surface area contributed by atoms with Gasteiger partial charge in [0.15, 0.2) is 0 Å². The summed E-state index contributed by atoms with van der Waals surface area (Å²) in [5.41, 5.74) is 7.77. The van der Waals surface area contributed by atoms with Crippen LogP contribution < -0.4 is 10.5 Å². The van der Waals surface area contributed by atoms with E-state index >= 15 is 0 Å². The van der Waals surface area contributed by atoms with Gasteiger partial charge in [0, 0.05) is 11.1 Å². The van der Waals surface area contributed by atoms with Crippen molar-refractivity contribution in [1.82, 2.24) is 0 Å². The molecule has 0 aliphatic heterocycles. The molecule has 18 heavy (non-hydrogen) atoms. The molecule has 98 valence electrons. The monoisotopic (exact) mass is 245 g/mol. The fraction of sp³-hybridized carbons (Fsp3) is 0.625. The number of hydrogen-bond donors (Lipinski definition) is 1. The van der Waals surface area contributed by atoms with Gasteiger partial charge in [-0.1, -0.05) is 31.0 Å². The quantitative estimate of drug-likeness (QED) is 0.885. The Kier molecular flexibility index (Phi) is 3.06. The molecule has 2 N–H and O–H groups in total. The van der Waals surface area contributed by atoms with Crippen LogP contribution in [-0.2, 0) is 5.54 Å². The second-order valence-electron chi connectivity index (χ2n) is 6.05. The van der Waals surface area contributed by atoms with Crippen molar-refractivity contribution in [3.8, 4) is 5.75 Å². The van der Waals surface area contributed by atoms with Crippen LogP contribution in [0.4, 0.5) is 0 Å². The fourth-order valence-corrected chi connectivity index (χ4v) is 3.62. The molecule has 2 fully saturated rings. The molecular formula is C16H23NO. The van der Waals surface area contributed by atoms with Gasteiger partial charge in [0.2, 0.25) is 0 Å². The summed E-state index contributed by atoms with van der Waals surface area (Å²) in [6.07, 6.45) is 7.71. The number of methoxy groups -OCH3 is 1. The molecule has 0 amide bonds. The van der Waals surface area contributed by atoms with Gasteiger partial charge < -0.3 is 10.5 Å². The van der Waals surface area contributed by atoms with E-state index in [1.807, 2.05) is 12.1 Å². The van der Waals surface area contributed by atoms with E-state index in [1.54, 1.807) is 7.11 Å². The van der Waals surface area contributed by atoms with Gasteiger partial charge in [0.1, 0.15) is 5.75 Å². The van der Waals surface area contributed by atoms with Crippen LogP contribution in [-0.4, -0.2) is 7.11 Å². The molecule has 2 aliphatic carbocycles. The second-order valence-corrected chi connectivity index (χ2v) is 6.05. The molecule has 2 nitrogen and oxygen atoms in total. The van der Waals surface area contributed by atoms with Crippen molar-refractivity contribution < 1.29 is 4.74 Å². The zero-order valence-electron chi connectivity index (χ0n) is 11.2. The van der Waals surface area contributed by atoms with Crippen molar-refractivity contribution in [2.75, 3.05) is 7.11 Å². The second kappa shape index (κ2) is 4.58. The van der Waals surface area contributed by atoms with Gasteiger partial charge >= 0.3 is 0 Å². The molecule has 2 heteroatoms. The van der Waals surface area contributed by atoms with Crippen LogP contribution in [0.2, 0.25) is 0 Å². The third kappa shape index (κ3) is 2.14. The molecular weight excluding hydrogens is 222 g/mol. The first-order chi connectivity index (χ1) is 8.73. The Labute approximate surface area is 110 Å². The molecule has 2 atom stereocenters. The Balaban J connectivity index is 1.87. The Morgan fingerprint density at radius 1 is 1.17 bits per heavy atom. The van der Waals surface area contributed by atoms with E-state index in [2.05, 4.69) is 12.1 Å². The minimum absolute atomic E-state index is 0.169. The van der Waals surface area contributed by atoms with E-state index in [0.29, 0.717) is 0 Å². The SMILES string of the molecule is COc1ccccc1C1(N)CCCC(C2CC2)C1. The Bertz CT molecular complexity index is 427. The Hall–Kier alpha value is -1.02. The summed E-state index contributed by atoms with van der Waals surface area (Å²) in [7, 11) is 1.74. The van der Waals surface area contributed by atoms with Crippen molar-refractivity contribution in [2.45, 2.75) is 44.1 Å². The average Bonchev–Trinajstić information content (AvgIpc) is 3.23. The van der Waals surface area contributed by atoms with Crippen molar-refractivity contribution >= 4 is 0 Å². The number of para-hydroxylation sites is 1. The summed E-state index contributed by atoms with van der Waals surface area (Å²) >= 11 is 0. The van der Waals surface area contributed by atoms with Gasteiger partial charge in [-0.05, 0) is 43.6 Å². The first-order valence-electron chi connectivity index (χ1n) is 7.15. The zero-order chi connectivity index (χ0) is 12.6. The number of rotatable bonds is 3. The maximum absolute atomic E-state index is 6.73. The largest absolute Gasteiger partial charge is 0.496 e. The smallest absolute Gasteiger partial charge is 0.123 e.